The molecule has 1 heterocycles. The maximum atomic E-state index is 12.9. The second-order valence-corrected chi connectivity index (χ2v) is 7.82. The van der Waals surface area contributed by atoms with Crippen molar-refractivity contribution in [2.24, 2.45) is 4.99 Å². The first-order valence-electron chi connectivity index (χ1n) is 8.39. The fraction of sp³-hybridized carbons (Fsp3) is 0.211. The molecule has 1 saturated heterocycles. The standard InChI is InChI=1S/C19H15ClF3N3O2S/c1-26-17(28)15(10-16(27)24-14-7-3-5-12(20)9-14)29-18(26)25-13-6-2-4-11(8-13)19(21,22)23/h2-9,15H,10H2,1H3,(H,24,27)/t15-/m1/s1. The molecule has 1 aliphatic rings. The number of carbonyl (C=O) groups is 2. The van der Waals surface area contributed by atoms with E-state index in [1.807, 2.05) is 0 Å². The van der Waals surface area contributed by atoms with E-state index in [9.17, 15) is 22.8 Å². The number of anilines is 1. The fourth-order valence-corrected chi connectivity index (χ4v) is 3.95. The van der Waals surface area contributed by atoms with E-state index in [0.717, 1.165) is 23.9 Å². The predicted octanol–water partition coefficient (Wildman–Crippen LogP) is 4.95. The monoisotopic (exact) mass is 441 g/mol. The van der Waals surface area contributed by atoms with Crippen LogP contribution in [0.15, 0.2) is 53.5 Å². The molecule has 0 radical (unpaired) electrons. The molecule has 1 atom stereocenters. The molecule has 10 heteroatoms. The lowest BCUT2D eigenvalue weighted by molar-refractivity contribution is -0.137. The number of halogens is 4. The van der Waals surface area contributed by atoms with E-state index in [4.69, 9.17) is 11.6 Å². The van der Waals surface area contributed by atoms with Gasteiger partial charge in [0.05, 0.1) is 11.3 Å². The molecule has 2 aromatic rings. The van der Waals surface area contributed by atoms with E-state index in [2.05, 4.69) is 10.3 Å². The number of carbonyl (C=O) groups excluding carboxylic acids is 2. The zero-order valence-electron chi connectivity index (χ0n) is 15.0. The molecule has 2 amide bonds. The molecule has 0 spiro atoms. The Labute approximate surface area is 173 Å². The van der Waals surface area contributed by atoms with Gasteiger partial charge in [-0.2, -0.15) is 13.2 Å². The van der Waals surface area contributed by atoms with Crippen LogP contribution in [0.4, 0.5) is 24.5 Å². The van der Waals surface area contributed by atoms with Crippen molar-refractivity contribution in [3.05, 3.63) is 59.1 Å². The van der Waals surface area contributed by atoms with Gasteiger partial charge in [-0.15, -0.1) is 0 Å². The zero-order valence-corrected chi connectivity index (χ0v) is 16.6. The number of nitrogens with zero attached hydrogens (tertiary/aromatic N) is 2. The Kier molecular flexibility index (Phi) is 6.18. The molecule has 152 valence electrons. The lowest BCUT2D eigenvalue weighted by atomic mass is 10.2. The molecule has 0 bridgehead atoms. The van der Waals surface area contributed by atoms with Gasteiger partial charge in [0, 0.05) is 24.2 Å². The second kappa shape index (κ2) is 8.46. The van der Waals surface area contributed by atoms with Gasteiger partial charge in [0.25, 0.3) is 0 Å². The Balaban J connectivity index is 1.71. The lowest BCUT2D eigenvalue weighted by Crippen LogP contribution is -2.30. The Hall–Kier alpha value is -2.52. The van der Waals surface area contributed by atoms with E-state index >= 15 is 0 Å². The minimum Gasteiger partial charge on any atom is -0.326 e. The molecule has 1 aliphatic heterocycles. The molecule has 0 aromatic heterocycles. The zero-order chi connectivity index (χ0) is 21.2. The SMILES string of the molecule is CN1C(=O)[C@@H](CC(=O)Nc2cccc(Cl)c2)SC1=Nc1cccc(C(F)(F)F)c1. The summed E-state index contributed by atoms with van der Waals surface area (Å²) >= 11 is 6.91. The summed E-state index contributed by atoms with van der Waals surface area (Å²) in [5.41, 5.74) is -0.246. The molecule has 2 aromatic carbocycles. The van der Waals surface area contributed by atoms with Gasteiger partial charge in [0.15, 0.2) is 5.17 Å². The Bertz CT molecular complexity index is 981. The average Bonchev–Trinajstić information content (AvgIpc) is 2.89. The van der Waals surface area contributed by atoms with Crippen LogP contribution in [-0.2, 0) is 15.8 Å². The van der Waals surface area contributed by atoms with Crippen molar-refractivity contribution in [3.63, 3.8) is 0 Å². The summed E-state index contributed by atoms with van der Waals surface area (Å²) < 4.78 is 38.6. The highest BCUT2D eigenvalue weighted by Gasteiger charge is 2.37. The Morgan fingerprint density at radius 3 is 2.66 bits per heavy atom. The minimum atomic E-state index is -4.48. The van der Waals surface area contributed by atoms with E-state index < -0.39 is 17.0 Å². The largest absolute Gasteiger partial charge is 0.416 e. The van der Waals surface area contributed by atoms with Gasteiger partial charge in [0.2, 0.25) is 11.8 Å². The number of alkyl halides is 3. The van der Waals surface area contributed by atoms with Crippen LogP contribution in [0.3, 0.4) is 0 Å². The number of nitrogens with one attached hydrogen (secondary N) is 1. The minimum absolute atomic E-state index is 0.0750. The first kappa shape index (κ1) is 21.2. The highest BCUT2D eigenvalue weighted by molar-refractivity contribution is 8.15. The normalized spacial score (nSPS) is 18.4. The molecule has 0 aliphatic carbocycles. The predicted molar refractivity (Wildman–Crippen MR) is 107 cm³/mol. The maximum Gasteiger partial charge on any atom is 0.416 e. The molecule has 1 fully saturated rings. The van der Waals surface area contributed by atoms with Crippen LogP contribution in [0.2, 0.25) is 5.02 Å². The van der Waals surface area contributed by atoms with Crippen LogP contribution < -0.4 is 5.32 Å². The summed E-state index contributed by atoms with van der Waals surface area (Å²) in [5, 5.41) is 2.64. The van der Waals surface area contributed by atoms with Crippen LogP contribution in [0.1, 0.15) is 12.0 Å². The van der Waals surface area contributed by atoms with E-state index in [1.165, 1.54) is 24.1 Å². The molecule has 1 N–H and O–H groups in total. The number of hydrogen-bond donors (Lipinski definition) is 1. The third kappa shape index (κ3) is 5.30. The number of aliphatic imine (C=N–C) groups is 1. The second-order valence-electron chi connectivity index (χ2n) is 6.21. The van der Waals surface area contributed by atoms with Crippen LogP contribution in [0.5, 0.6) is 0 Å². The Morgan fingerprint density at radius 1 is 1.24 bits per heavy atom. The van der Waals surface area contributed by atoms with Crippen molar-refractivity contribution in [1.82, 2.24) is 4.90 Å². The average molecular weight is 442 g/mol. The van der Waals surface area contributed by atoms with E-state index in [0.29, 0.717) is 10.7 Å². The number of benzene rings is 2. The lowest BCUT2D eigenvalue weighted by Gasteiger charge is -2.10. The molecule has 0 saturated carbocycles. The smallest absolute Gasteiger partial charge is 0.326 e. The van der Waals surface area contributed by atoms with Crippen molar-refractivity contribution in [2.75, 3.05) is 12.4 Å². The van der Waals surface area contributed by atoms with Gasteiger partial charge < -0.3 is 5.32 Å². The highest BCUT2D eigenvalue weighted by Crippen LogP contribution is 2.34. The topological polar surface area (TPSA) is 61.8 Å². The van der Waals surface area contributed by atoms with Crippen molar-refractivity contribution >= 4 is 51.7 Å². The van der Waals surface area contributed by atoms with Crippen LogP contribution in [-0.4, -0.2) is 34.2 Å². The summed E-state index contributed by atoms with van der Waals surface area (Å²) in [6, 6.07) is 11.1. The van der Waals surface area contributed by atoms with Crippen molar-refractivity contribution in [2.45, 2.75) is 17.8 Å². The summed E-state index contributed by atoms with van der Waals surface area (Å²) in [6.07, 6.45) is -4.59. The summed E-state index contributed by atoms with van der Waals surface area (Å²) in [7, 11) is 1.47. The van der Waals surface area contributed by atoms with Gasteiger partial charge in [0.1, 0.15) is 5.25 Å². The van der Waals surface area contributed by atoms with Crippen molar-refractivity contribution in [3.8, 4) is 0 Å². The number of rotatable bonds is 4. The van der Waals surface area contributed by atoms with Crippen molar-refractivity contribution in [1.29, 1.82) is 0 Å². The molecule has 29 heavy (non-hydrogen) atoms. The van der Waals surface area contributed by atoms with Crippen LogP contribution in [0.25, 0.3) is 0 Å². The van der Waals surface area contributed by atoms with Crippen molar-refractivity contribution < 1.29 is 22.8 Å². The number of hydrogen-bond acceptors (Lipinski definition) is 4. The number of amidine groups is 1. The van der Waals surface area contributed by atoms with Gasteiger partial charge in [-0.3, -0.25) is 14.5 Å². The fourth-order valence-electron chi connectivity index (χ4n) is 2.61. The third-order valence-corrected chi connectivity index (χ3v) is 5.48. The molecule has 5 nitrogen and oxygen atoms in total. The first-order valence-corrected chi connectivity index (χ1v) is 9.65. The number of thioether (sulfide) groups is 1. The highest BCUT2D eigenvalue weighted by atomic mass is 35.5. The quantitative estimate of drug-likeness (QED) is 0.730. The van der Waals surface area contributed by atoms with Gasteiger partial charge in [-0.1, -0.05) is 35.5 Å². The van der Waals surface area contributed by atoms with Gasteiger partial charge in [-0.25, -0.2) is 4.99 Å². The van der Waals surface area contributed by atoms with Gasteiger partial charge in [-0.05, 0) is 36.4 Å². The molecule has 0 unspecified atom stereocenters. The molecular formula is C19H15ClF3N3O2S. The summed E-state index contributed by atoms with van der Waals surface area (Å²) in [6.45, 7) is 0. The van der Waals surface area contributed by atoms with Gasteiger partial charge >= 0.3 is 6.18 Å². The van der Waals surface area contributed by atoms with E-state index in [1.54, 1.807) is 24.3 Å². The molecular weight excluding hydrogens is 427 g/mol. The summed E-state index contributed by atoms with van der Waals surface area (Å²) in [4.78, 5) is 30.1. The maximum absolute atomic E-state index is 12.9. The van der Waals surface area contributed by atoms with Crippen LogP contribution >= 0.6 is 23.4 Å². The van der Waals surface area contributed by atoms with E-state index in [-0.39, 0.29) is 29.1 Å². The molecule has 3 rings (SSSR count). The third-order valence-electron chi connectivity index (χ3n) is 4.02. The van der Waals surface area contributed by atoms with Crippen LogP contribution in [0, 0.1) is 0 Å². The first-order chi connectivity index (χ1) is 13.6. The Morgan fingerprint density at radius 2 is 1.97 bits per heavy atom. The summed E-state index contributed by atoms with van der Waals surface area (Å²) in [5.74, 6) is -0.728. The number of amides is 2.